The Bertz CT molecular complexity index is 625. The van der Waals surface area contributed by atoms with Crippen LogP contribution in [0.5, 0.6) is 5.88 Å². The predicted octanol–water partition coefficient (Wildman–Crippen LogP) is 1.28. The zero-order chi connectivity index (χ0) is 13.2. The summed E-state index contributed by atoms with van der Waals surface area (Å²) >= 11 is 0. The quantitative estimate of drug-likeness (QED) is 0.660. The van der Waals surface area contributed by atoms with Gasteiger partial charge in [0.25, 0.3) is 5.69 Å². The number of nitrogens with one attached hydrogen (secondary N) is 1. The Hall–Kier alpha value is -2.28. The fraction of sp³-hybridized carbons (Fsp3) is 0.333. The summed E-state index contributed by atoms with van der Waals surface area (Å²) < 4.78 is 5.69. The Morgan fingerprint density at radius 1 is 1.42 bits per heavy atom. The summed E-state index contributed by atoms with van der Waals surface area (Å²) in [5.74, 6) is 0.454. The Balaban J connectivity index is 1.88. The van der Waals surface area contributed by atoms with Gasteiger partial charge in [-0.05, 0) is 19.0 Å². The molecule has 0 aliphatic carbocycles. The molecule has 3 rings (SSSR count). The molecule has 2 heterocycles. The van der Waals surface area contributed by atoms with E-state index in [9.17, 15) is 10.1 Å². The van der Waals surface area contributed by atoms with Gasteiger partial charge < -0.3 is 10.1 Å². The molecule has 1 aliphatic heterocycles. The second kappa shape index (κ2) is 4.77. The maximum atomic E-state index is 10.7. The van der Waals surface area contributed by atoms with E-state index in [1.165, 1.54) is 18.3 Å². The third kappa shape index (κ3) is 2.45. The van der Waals surface area contributed by atoms with Crippen molar-refractivity contribution in [3.63, 3.8) is 0 Å². The molecule has 1 aromatic carbocycles. The number of nitrogens with zero attached hydrogens (tertiary/aromatic N) is 3. The van der Waals surface area contributed by atoms with Crippen LogP contribution in [0.1, 0.15) is 6.42 Å². The van der Waals surface area contributed by atoms with Gasteiger partial charge >= 0.3 is 0 Å². The Kier molecular flexibility index (Phi) is 2.96. The summed E-state index contributed by atoms with van der Waals surface area (Å²) in [7, 11) is 0. The summed E-state index contributed by atoms with van der Waals surface area (Å²) in [6.07, 6.45) is 2.56. The molecule has 19 heavy (non-hydrogen) atoms. The molecule has 1 aromatic heterocycles. The van der Waals surface area contributed by atoms with Crippen LogP contribution < -0.4 is 10.1 Å². The van der Waals surface area contributed by atoms with E-state index in [4.69, 9.17) is 4.74 Å². The third-order valence-corrected chi connectivity index (χ3v) is 3.02. The largest absolute Gasteiger partial charge is 0.472 e. The Labute approximate surface area is 108 Å². The molecular weight excluding hydrogens is 248 g/mol. The molecule has 0 spiro atoms. The van der Waals surface area contributed by atoms with E-state index in [1.54, 1.807) is 6.07 Å². The van der Waals surface area contributed by atoms with E-state index in [-0.39, 0.29) is 11.8 Å². The number of rotatable bonds is 3. The van der Waals surface area contributed by atoms with E-state index in [0.717, 1.165) is 19.5 Å². The van der Waals surface area contributed by atoms with Crippen molar-refractivity contribution >= 4 is 16.7 Å². The van der Waals surface area contributed by atoms with Gasteiger partial charge in [0.15, 0.2) is 0 Å². The van der Waals surface area contributed by atoms with Gasteiger partial charge in [0.05, 0.1) is 22.2 Å². The second-order valence-electron chi connectivity index (χ2n) is 4.37. The molecular formula is C12H12N4O3. The highest BCUT2D eigenvalue weighted by Crippen LogP contribution is 2.20. The lowest BCUT2D eigenvalue weighted by Gasteiger charge is -2.11. The van der Waals surface area contributed by atoms with Crippen LogP contribution in [0.15, 0.2) is 24.4 Å². The lowest BCUT2D eigenvalue weighted by Crippen LogP contribution is -2.20. The molecule has 0 amide bonds. The first-order valence-electron chi connectivity index (χ1n) is 6.01. The van der Waals surface area contributed by atoms with Crippen LogP contribution in [0, 0.1) is 10.1 Å². The number of non-ortho nitro benzene ring substituents is 1. The minimum absolute atomic E-state index is 0.00969. The number of hydrogen-bond acceptors (Lipinski definition) is 6. The molecule has 1 N–H and O–H groups in total. The van der Waals surface area contributed by atoms with Gasteiger partial charge in [-0.3, -0.25) is 10.1 Å². The molecule has 1 saturated heterocycles. The SMILES string of the molecule is O=[N+]([O-])c1ccc2nc(OC3CCNC3)cnc2c1. The van der Waals surface area contributed by atoms with Crippen LogP contribution in [-0.2, 0) is 0 Å². The summed E-state index contributed by atoms with van der Waals surface area (Å²) in [5, 5.41) is 13.9. The van der Waals surface area contributed by atoms with E-state index in [2.05, 4.69) is 15.3 Å². The second-order valence-corrected chi connectivity index (χ2v) is 4.37. The number of aromatic nitrogens is 2. The van der Waals surface area contributed by atoms with Crippen molar-refractivity contribution in [2.45, 2.75) is 12.5 Å². The van der Waals surface area contributed by atoms with Gasteiger partial charge in [0.2, 0.25) is 5.88 Å². The van der Waals surface area contributed by atoms with Crippen molar-refractivity contribution in [2.75, 3.05) is 13.1 Å². The van der Waals surface area contributed by atoms with E-state index >= 15 is 0 Å². The van der Waals surface area contributed by atoms with Crippen LogP contribution >= 0.6 is 0 Å². The van der Waals surface area contributed by atoms with Gasteiger partial charge in [0, 0.05) is 18.7 Å². The topological polar surface area (TPSA) is 90.2 Å². The summed E-state index contributed by atoms with van der Waals surface area (Å²) in [6, 6.07) is 4.40. The first kappa shape index (κ1) is 11.8. The molecule has 2 aromatic rings. The van der Waals surface area contributed by atoms with E-state index < -0.39 is 4.92 Å². The van der Waals surface area contributed by atoms with Crippen molar-refractivity contribution in [2.24, 2.45) is 0 Å². The average molecular weight is 260 g/mol. The zero-order valence-electron chi connectivity index (χ0n) is 10.1. The first-order valence-corrected chi connectivity index (χ1v) is 6.01. The summed E-state index contributed by atoms with van der Waals surface area (Å²) in [4.78, 5) is 18.7. The Morgan fingerprint density at radius 3 is 3.05 bits per heavy atom. The van der Waals surface area contributed by atoms with Crippen molar-refractivity contribution in [1.29, 1.82) is 0 Å². The van der Waals surface area contributed by atoms with Crippen molar-refractivity contribution in [3.05, 3.63) is 34.5 Å². The van der Waals surface area contributed by atoms with Gasteiger partial charge in [0.1, 0.15) is 6.10 Å². The van der Waals surface area contributed by atoms with E-state index in [1.807, 2.05) is 0 Å². The maximum absolute atomic E-state index is 10.7. The van der Waals surface area contributed by atoms with Gasteiger partial charge in [-0.15, -0.1) is 0 Å². The van der Waals surface area contributed by atoms with Crippen LogP contribution in [0.3, 0.4) is 0 Å². The molecule has 1 atom stereocenters. The van der Waals surface area contributed by atoms with Gasteiger partial charge in [-0.1, -0.05) is 0 Å². The number of ether oxygens (including phenoxy) is 1. The summed E-state index contributed by atoms with van der Waals surface area (Å²) in [5.41, 5.74) is 1.09. The van der Waals surface area contributed by atoms with Crippen molar-refractivity contribution < 1.29 is 9.66 Å². The molecule has 1 unspecified atom stereocenters. The van der Waals surface area contributed by atoms with Gasteiger partial charge in [-0.2, -0.15) is 0 Å². The highest BCUT2D eigenvalue weighted by atomic mass is 16.6. The lowest BCUT2D eigenvalue weighted by atomic mass is 10.2. The highest BCUT2D eigenvalue weighted by Gasteiger charge is 2.17. The number of fused-ring (bicyclic) bond motifs is 1. The van der Waals surface area contributed by atoms with Crippen molar-refractivity contribution in [3.8, 4) is 5.88 Å². The minimum atomic E-state index is -0.449. The van der Waals surface area contributed by atoms with Crippen molar-refractivity contribution in [1.82, 2.24) is 15.3 Å². The monoisotopic (exact) mass is 260 g/mol. The fourth-order valence-corrected chi connectivity index (χ4v) is 2.05. The number of hydrogen-bond donors (Lipinski definition) is 1. The standard InChI is InChI=1S/C12H12N4O3/c17-16(18)8-1-2-10-11(5-8)14-7-12(15-10)19-9-3-4-13-6-9/h1-2,5,7,9,13H,3-4,6H2. The number of nitro benzene ring substituents is 1. The van der Waals surface area contributed by atoms with Crippen LogP contribution in [0.2, 0.25) is 0 Å². The van der Waals surface area contributed by atoms with Crippen LogP contribution in [-0.4, -0.2) is 34.1 Å². The molecule has 1 aliphatic rings. The smallest absolute Gasteiger partial charge is 0.271 e. The molecule has 0 saturated carbocycles. The summed E-state index contributed by atoms with van der Waals surface area (Å²) in [6.45, 7) is 1.75. The fourth-order valence-electron chi connectivity index (χ4n) is 2.05. The molecule has 7 nitrogen and oxygen atoms in total. The molecule has 0 bridgehead atoms. The average Bonchev–Trinajstić information content (AvgIpc) is 2.91. The van der Waals surface area contributed by atoms with Crippen LogP contribution in [0.4, 0.5) is 5.69 Å². The molecule has 0 radical (unpaired) electrons. The van der Waals surface area contributed by atoms with Gasteiger partial charge in [-0.25, -0.2) is 9.97 Å². The maximum Gasteiger partial charge on any atom is 0.271 e. The zero-order valence-corrected chi connectivity index (χ0v) is 10.1. The molecule has 7 heteroatoms. The molecule has 98 valence electrons. The predicted molar refractivity (Wildman–Crippen MR) is 68.1 cm³/mol. The number of benzene rings is 1. The van der Waals surface area contributed by atoms with Crippen LogP contribution in [0.25, 0.3) is 11.0 Å². The third-order valence-electron chi connectivity index (χ3n) is 3.02. The molecule has 1 fully saturated rings. The lowest BCUT2D eigenvalue weighted by molar-refractivity contribution is -0.384. The normalized spacial score (nSPS) is 18.6. The highest BCUT2D eigenvalue weighted by molar-refractivity contribution is 5.77. The minimum Gasteiger partial charge on any atom is -0.472 e. The Morgan fingerprint density at radius 2 is 2.32 bits per heavy atom. The van der Waals surface area contributed by atoms with E-state index in [0.29, 0.717) is 16.9 Å². The first-order chi connectivity index (χ1) is 9.22. The number of nitro groups is 1.